The number of amides is 1. The Balaban J connectivity index is 1.92. The standard InChI is InChI=1S/C19H27N5O/c1-13(2)16-8-6-7-9-17(16)24-15(4)20-18(21-24)19(25)23-11-10-22(5)12-14(23)3/h6-9,13-14H,10-12H2,1-5H3. The van der Waals surface area contributed by atoms with E-state index in [1.807, 2.05) is 30.0 Å². The molecule has 6 nitrogen and oxygen atoms in total. The summed E-state index contributed by atoms with van der Waals surface area (Å²) in [6.45, 7) is 10.8. The first-order chi connectivity index (χ1) is 11.9. The average molecular weight is 341 g/mol. The highest BCUT2D eigenvalue weighted by atomic mass is 16.2. The minimum absolute atomic E-state index is 0.0792. The van der Waals surface area contributed by atoms with Gasteiger partial charge in [0, 0.05) is 25.7 Å². The van der Waals surface area contributed by atoms with E-state index >= 15 is 0 Å². The van der Waals surface area contributed by atoms with Crippen LogP contribution in [0.15, 0.2) is 24.3 Å². The molecule has 1 aliphatic rings. The Labute approximate surface area is 149 Å². The van der Waals surface area contributed by atoms with Gasteiger partial charge in [0.2, 0.25) is 5.82 Å². The van der Waals surface area contributed by atoms with Crippen LogP contribution < -0.4 is 0 Å². The maximum Gasteiger partial charge on any atom is 0.293 e. The van der Waals surface area contributed by atoms with Crippen LogP contribution in [0.2, 0.25) is 0 Å². The first kappa shape index (κ1) is 17.6. The van der Waals surface area contributed by atoms with Crippen molar-refractivity contribution in [3.05, 3.63) is 41.5 Å². The molecule has 1 atom stereocenters. The number of hydrogen-bond donors (Lipinski definition) is 0. The van der Waals surface area contributed by atoms with Gasteiger partial charge in [0.05, 0.1) is 5.69 Å². The van der Waals surface area contributed by atoms with Gasteiger partial charge in [-0.05, 0) is 38.4 Å². The van der Waals surface area contributed by atoms with Crippen LogP contribution >= 0.6 is 0 Å². The van der Waals surface area contributed by atoms with E-state index in [0.717, 1.165) is 24.6 Å². The monoisotopic (exact) mass is 341 g/mol. The topological polar surface area (TPSA) is 54.3 Å². The lowest BCUT2D eigenvalue weighted by atomic mass is 10.0. The van der Waals surface area contributed by atoms with Gasteiger partial charge in [0.25, 0.3) is 5.91 Å². The van der Waals surface area contributed by atoms with E-state index in [4.69, 9.17) is 0 Å². The number of carbonyl (C=O) groups is 1. The first-order valence-corrected chi connectivity index (χ1v) is 8.91. The number of nitrogens with zero attached hydrogens (tertiary/aromatic N) is 5. The third kappa shape index (κ3) is 3.44. The van der Waals surface area contributed by atoms with Crippen LogP contribution in [0, 0.1) is 6.92 Å². The van der Waals surface area contributed by atoms with Crippen molar-refractivity contribution >= 4 is 5.91 Å². The van der Waals surface area contributed by atoms with Crippen molar-refractivity contribution in [3.8, 4) is 5.69 Å². The number of rotatable bonds is 3. The molecule has 1 amide bonds. The summed E-state index contributed by atoms with van der Waals surface area (Å²) in [4.78, 5) is 21.5. The predicted octanol–water partition coefficient (Wildman–Crippen LogP) is 2.48. The zero-order chi connectivity index (χ0) is 18.1. The van der Waals surface area contributed by atoms with Crippen LogP contribution in [0.4, 0.5) is 0 Å². The lowest BCUT2D eigenvalue weighted by Crippen LogP contribution is -2.52. The van der Waals surface area contributed by atoms with E-state index in [-0.39, 0.29) is 17.8 Å². The molecule has 0 spiro atoms. The van der Waals surface area contributed by atoms with E-state index in [2.05, 4.69) is 48.9 Å². The maximum atomic E-state index is 12.9. The lowest BCUT2D eigenvalue weighted by Gasteiger charge is -2.37. The van der Waals surface area contributed by atoms with E-state index in [1.165, 1.54) is 5.56 Å². The fourth-order valence-electron chi connectivity index (χ4n) is 3.45. The SMILES string of the molecule is Cc1nc(C(=O)N2CCN(C)CC2C)nn1-c1ccccc1C(C)C. The number of para-hydroxylation sites is 1. The Bertz CT molecular complexity index is 767. The molecule has 1 unspecified atom stereocenters. The highest BCUT2D eigenvalue weighted by Crippen LogP contribution is 2.23. The van der Waals surface area contributed by atoms with Gasteiger partial charge in [-0.1, -0.05) is 32.0 Å². The van der Waals surface area contributed by atoms with Crippen LogP contribution in [0.25, 0.3) is 5.69 Å². The zero-order valence-electron chi connectivity index (χ0n) is 15.7. The highest BCUT2D eigenvalue weighted by molar-refractivity contribution is 5.90. The van der Waals surface area contributed by atoms with Gasteiger partial charge >= 0.3 is 0 Å². The molecule has 0 aliphatic carbocycles. The Morgan fingerprint density at radius 3 is 2.64 bits per heavy atom. The molecule has 134 valence electrons. The molecule has 1 saturated heterocycles. The van der Waals surface area contributed by atoms with E-state index < -0.39 is 0 Å². The summed E-state index contributed by atoms with van der Waals surface area (Å²) in [7, 11) is 2.08. The van der Waals surface area contributed by atoms with Gasteiger partial charge in [0.15, 0.2) is 0 Å². The third-order valence-electron chi connectivity index (χ3n) is 4.84. The molecule has 1 aromatic heterocycles. The normalized spacial score (nSPS) is 18.8. The summed E-state index contributed by atoms with van der Waals surface area (Å²) >= 11 is 0. The number of carbonyl (C=O) groups excluding carboxylic acids is 1. The molecule has 6 heteroatoms. The Hall–Kier alpha value is -2.21. The van der Waals surface area contributed by atoms with Crippen LogP contribution in [-0.4, -0.2) is 63.2 Å². The van der Waals surface area contributed by atoms with Crippen molar-refractivity contribution in [1.29, 1.82) is 0 Å². The van der Waals surface area contributed by atoms with Crippen LogP contribution in [-0.2, 0) is 0 Å². The number of aryl methyl sites for hydroxylation is 1. The summed E-state index contributed by atoms with van der Waals surface area (Å²) in [5, 5.41) is 4.55. The van der Waals surface area contributed by atoms with Gasteiger partial charge < -0.3 is 9.80 Å². The summed E-state index contributed by atoms with van der Waals surface area (Å²) in [6, 6.07) is 8.33. The second-order valence-corrected chi connectivity index (χ2v) is 7.22. The molecule has 0 bridgehead atoms. The fraction of sp³-hybridized carbons (Fsp3) is 0.526. The summed E-state index contributed by atoms with van der Waals surface area (Å²) < 4.78 is 1.79. The fourth-order valence-corrected chi connectivity index (χ4v) is 3.45. The minimum atomic E-state index is -0.0792. The van der Waals surface area contributed by atoms with E-state index in [9.17, 15) is 4.79 Å². The van der Waals surface area contributed by atoms with Crippen LogP contribution in [0.1, 0.15) is 48.7 Å². The summed E-state index contributed by atoms with van der Waals surface area (Å²) in [5.74, 6) is 1.31. The van der Waals surface area contributed by atoms with Crippen molar-refractivity contribution < 1.29 is 4.79 Å². The lowest BCUT2D eigenvalue weighted by molar-refractivity contribution is 0.0521. The van der Waals surface area contributed by atoms with Crippen molar-refractivity contribution in [1.82, 2.24) is 24.6 Å². The van der Waals surface area contributed by atoms with Crippen LogP contribution in [0.3, 0.4) is 0 Å². The average Bonchev–Trinajstić information content (AvgIpc) is 2.96. The smallest absolute Gasteiger partial charge is 0.293 e. The number of piperazine rings is 1. The van der Waals surface area contributed by atoms with Crippen molar-refractivity contribution in [2.24, 2.45) is 0 Å². The van der Waals surface area contributed by atoms with Crippen molar-refractivity contribution in [2.75, 3.05) is 26.7 Å². The number of likely N-dealkylation sites (N-methyl/N-ethyl adjacent to an activating group) is 1. The Kier molecular flexibility index (Phi) is 4.90. The minimum Gasteiger partial charge on any atom is -0.331 e. The summed E-state index contributed by atoms with van der Waals surface area (Å²) in [6.07, 6.45) is 0. The molecule has 1 aromatic carbocycles. The zero-order valence-corrected chi connectivity index (χ0v) is 15.7. The number of aromatic nitrogens is 3. The number of benzene rings is 1. The third-order valence-corrected chi connectivity index (χ3v) is 4.84. The Morgan fingerprint density at radius 2 is 1.96 bits per heavy atom. The molecule has 25 heavy (non-hydrogen) atoms. The van der Waals surface area contributed by atoms with E-state index in [1.54, 1.807) is 4.68 Å². The molecule has 1 aliphatic heterocycles. The molecule has 1 fully saturated rings. The van der Waals surface area contributed by atoms with Crippen molar-refractivity contribution in [3.63, 3.8) is 0 Å². The predicted molar refractivity (Wildman–Crippen MR) is 98.2 cm³/mol. The van der Waals surface area contributed by atoms with Gasteiger partial charge in [0.1, 0.15) is 5.82 Å². The van der Waals surface area contributed by atoms with E-state index in [0.29, 0.717) is 12.5 Å². The van der Waals surface area contributed by atoms with Gasteiger partial charge in [-0.25, -0.2) is 9.67 Å². The van der Waals surface area contributed by atoms with Gasteiger partial charge in [-0.2, -0.15) is 0 Å². The molecule has 2 aromatic rings. The molecular weight excluding hydrogens is 314 g/mol. The second-order valence-electron chi connectivity index (χ2n) is 7.22. The molecule has 0 saturated carbocycles. The molecular formula is C19H27N5O. The van der Waals surface area contributed by atoms with Gasteiger partial charge in [-0.3, -0.25) is 4.79 Å². The van der Waals surface area contributed by atoms with Crippen molar-refractivity contribution in [2.45, 2.75) is 39.7 Å². The second kappa shape index (κ2) is 6.96. The quantitative estimate of drug-likeness (QED) is 0.861. The molecule has 0 N–H and O–H groups in total. The molecule has 0 radical (unpaired) electrons. The maximum absolute atomic E-state index is 12.9. The molecule has 2 heterocycles. The van der Waals surface area contributed by atoms with Gasteiger partial charge in [-0.15, -0.1) is 5.10 Å². The largest absolute Gasteiger partial charge is 0.331 e. The highest BCUT2D eigenvalue weighted by Gasteiger charge is 2.29. The molecule has 3 rings (SSSR count). The van der Waals surface area contributed by atoms with Crippen LogP contribution in [0.5, 0.6) is 0 Å². The number of hydrogen-bond acceptors (Lipinski definition) is 4. The first-order valence-electron chi connectivity index (χ1n) is 8.91. The Morgan fingerprint density at radius 1 is 1.24 bits per heavy atom. The summed E-state index contributed by atoms with van der Waals surface area (Å²) in [5.41, 5.74) is 2.19.